The largest absolute Gasteiger partial charge is 0.481 e. The monoisotopic (exact) mass is 276 g/mol. The van der Waals surface area contributed by atoms with Crippen LogP contribution in [0.2, 0.25) is 0 Å². The average molecular weight is 276 g/mol. The van der Waals surface area contributed by atoms with Crippen molar-refractivity contribution in [2.24, 2.45) is 0 Å². The minimum atomic E-state index is -0.131. The summed E-state index contributed by atoms with van der Waals surface area (Å²) in [5.74, 6) is 0.737. The van der Waals surface area contributed by atoms with Crippen LogP contribution < -0.4 is 10.1 Å². The van der Waals surface area contributed by atoms with E-state index >= 15 is 0 Å². The lowest BCUT2D eigenvalue weighted by Gasteiger charge is -2.32. The van der Waals surface area contributed by atoms with Crippen LogP contribution in [0.4, 0.5) is 0 Å². The van der Waals surface area contributed by atoms with Gasteiger partial charge in [-0.15, -0.1) is 0 Å². The van der Waals surface area contributed by atoms with Crippen molar-refractivity contribution in [3.05, 3.63) is 17.6 Å². The Kier molecular flexibility index (Phi) is 3.56. The zero-order valence-corrected chi connectivity index (χ0v) is 11.9. The maximum atomic E-state index is 12.1. The fourth-order valence-electron chi connectivity index (χ4n) is 2.56. The molecule has 1 aliphatic carbocycles. The molecule has 1 N–H and O–H groups in total. The Labute approximate surface area is 118 Å². The van der Waals surface area contributed by atoms with E-state index in [1.54, 1.807) is 7.11 Å². The van der Waals surface area contributed by atoms with Gasteiger partial charge >= 0.3 is 0 Å². The summed E-state index contributed by atoms with van der Waals surface area (Å²) in [6.45, 7) is 3.46. The number of ether oxygens (including phenoxy) is 1. The van der Waals surface area contributed by atoms with Crippen molar-refractivity contribution in [3.63, 3.8) is 0 Å². The molecular formula is C14H20N4O2. The average Bonchev–Trinajstić information content (AvgIpc) is 3.29. The molecule has 1 aliphatic heterocycles. The highest BCUT2D eigenvalue weighted by Gasteiger charge is 2.31. The number of nitrogens with one attached hydrogen (secondary N) is 1. The number of aromatic nitrogens is 2. The van der Waals surface area contributed by atoms with Crippen LogP contribution in [-0.4, -0.2) is 46.5 Å². The van der Waals surface area contributed by atoms with Gasteiger partial charge < -0.3 is 10.1 Å². The van der Waals surface area contributed by atoms with Gasteiger partial charge in [-0.2, -0.15) is 0 Å². The second-order valence-corrected chi connectivity index (χ2v) is 5.49. The number of amides is 1. The van der Waals surface area contributed by atoms with Crippen LogP contribution in [0, 0.1) is 0 Å². The summed E-state index contributed by atoms with van der Waals surface area (Å²) in [6, 6.07) is 0.272. The summed E-state index contributed by atoms with van der Waals surface area (Å²) in [7, 11) is 1.62. The second-order valence-electron chi connectivity index (χ2n) is 5.49. The maximum absolute atomic E-state index is 12.1. The van der Waals surface area contributed by atoms with Gasteiger partial charge in [0.15, 0.2) is 0 Å². The lowest BCUT2D eigenvalue weighted by Crippen LogP contribution is -2.47. The molecule has 0 spiro atoms. The first kappa shape index (κ1) is 13.3. The van der Waals surface area contributed by atoms with E-state index < -0.39 is 0 Å². The Morgan fingerprint density at radius 3 is 3.00 bits per heavy atom. The fourth-order valence-corrected chi connectivity index (χ4v) is 2.56. The standard InChI is InChI=1S/C14H20N4O2/c1-9(13(19)17-10-3-4-10)18-6-5-12-11(7-18)14(20-2)16-8-15-12/h8-10H,3-7H2,1-2H3,(H,17,19). The van der Waals surface area contributed by atoms with Gasteiger partial charge in [-0.1, -0.05) is 0 Å². The van der Waals surface area contributed by atoms with Gasteiger partial charge in [0.25, 0.3) is 0 Å². The summed E-state index contributed by atoms with van der Waals surface area (Å²) in [6.07, 6.45) is 4.59. The van der Waals surface area contributed by atoms with E-state index in [2.05, 4.69) is 20.2 Å². The number of carbonyl (C=O) groups is 1. The van der Waals surface area contributed by atoms with Crippen molar-refractivity contribution in [2.45, 2.75) is 44.8 Å². The Bertz CT molecular complexity index is 502. The zero-order valence-electron chi connectivity index (χ0n) is 11.9. The van der Waals surface area contributed by atoms with E-state index in [0.717, 1.165) is 37.1 Å². The van der Waals surface area contributed by atoms with Crippen molar-refractivity contribution in [1.29, 1.82) is 0 Å². The number of methoxy groups -OCH3 is 1. The van der Waals surface area contributed by atoms with Crippen LogP contribution in [-0.2, 0) is 17.8 Å². The number of hydrogen-bond acceptors (Lipinski definition) is 5. The molecule has 0 radical (unpaired) electrons. The van der Waals surface area contributed by atoms with E-state index in [4.69, 9.17) is 4.74 Å². The van der Waals surface area contributed by atoms with E-state index in [9.17, 15) is 4.79 Å². The molecule has 6 heteroatoms. The molecule has 3 rings (SSSR count). The minimum Gasteiger partial charge on any atom is -0.481 e. The molecule has 1 amide bonds. The lowest BCUT2D eigenvalue weighted by molar-refractivity contribution is -0.126. The summed E-state index contributed by atoms with van der Waals surface area (Å²) >= 11 is 0. The summed E-state index contributed by atoms with van der Waals surface area (Å²) in [4.78, 5) is 22.8. The quantitative estimate of drug-likeness (QED) is 0.868. The van der Waals surface area contributed by atoms with Gasteiger partial charge in [0.05, 0.1) is 18.8 Å². The second kappa shape index (κ2) is 5.36. The first-order valence-electron chi connectivity index (χ1n) is 7.10. The Hall–Kier alpha value is -1.69. The topological polar surface area (TPSA) is 67.4 Å². The molecule has 1 aromatic rings. The van der Waals surface area contributed by atoms with Crippen LogP contribution in [0.5, 0.6) is 5.88 Å². The van der Waals surface area contributed by atoms with Crippen LogP contribution in [0.25, 0.3) is 0 Å². The van der Waals surface area contributed by atoms with Crippen molar-refractivity contribution < 1.29 is 9.53 Å². The maximum Gasteiger partial charge on any atom is 0.237 e. The molecule has 20 heavy (non-hydrogen) atoms. The lowest BCUT2D eigenvalue weighted by atomic mass is 10.0. The smallest absolute Gasteiger partial charge is 0.237 e. The third kappa shape index (κ3) is 2.60. The number of carbonyl (C=O) groups excluding carboxylic acids is 1. The summed E-state index contributed by atoms with van der Waals surface area (Å²) in [5.41, 5.74) is 2.04. The molecule has 2 aliphatic rings. The molecule has 1 saturated carbocycles. The Morgan fingerprint density at radius 1 is 1.50 bits per heavy atom. The molecule has 2 heterocycles. The van der Waals surface area contributed by atoms with Crippen LogP contribution >= 0.6 is 0 Å². The third-order valence-corrected chi connectivity index (χ3v) is 4.04. The number of hydrogen-bond donors (Lipinski definition) is 1. The number of fused-ring (bicyclic) bond motifs is 1. The molecule has 1 aromatic heterocycles. The van der Waals surface area contributed by atoms with Crippen molar-refractivity contribution in [1.82, 2.24) is 20.2 Å². The third-order valence-electron chi connectivity index (χ3n) is 4.04. The van der Waals surface area contributed by atoms with Gasteiger partial charge in [-0.3, -0.25) is 9.69 Å². The molecule has 1 atom stereocenters. The molecule has 0 saturated heterocycles. The van der Waals surface area contributed by atoms with Gasteiger partial charge in [0.1, 0.15) is 6.33 Å². The van der Waals surface area contributed by atoms with Gasteiger partial charge in [-0.05, 0) is 19.8 Å². The number of rotatable bonds is 4. The van der Waals surface area contributed by atoms with E-state index in [1.807, 2.05) is 6.92 Å². The van der Waals surface area contributed by atoms with Crippen molar-refractivity contribution in [2.75, 3.05) is 13.7 Å². The van der Waals surface area contributed by atoms with Crippen LogP contribution in [0.15, 0.2) is 6.33 Å². The van der Waals surface area contributed by atoms with Gasteiger partial charge in [-0.25, -0.2) is 9.97 Å². The minimum absolute atomic E-state index is 0.117. The fraction of sp³-hybridized carbons (Fsp3) is 0.643. The molecule has 0 aromatic carbocycles. The van der Waals surface area contributed by atoms with E-state index in [1.165, 1.54) is 6.33 Å². The molecular weight excluding hydrogens is 256 g/mol. The molecule has 6 nitrogen and oxygen atoms in total. The Morgan fingerprint density at radius 2 is 2.30 bits per heavy atom. The SMILES string of the molecule is COc1ncnc2c1CN(C(C)C(=O)NC1CC1)CC2. The first-order valence-corrected chi connectivity index (χ1v) is 7.10. The van der Waals surface area contributed by atoms with E-state index in [-0.39, 0.29) is 11.9 Å². The predicted molar refractivity (Wildman–Crippen MR) is 73.3 cm³/mol. The highest BCUT2D eigenvalue weighted by atomic mass is 16.5. The van der Waals surface area contributed by atoms with Gasteiger partial charge in [0.2, 0.25) is 11.8 Å². The van der Waals surface area contributed by atoms with Gasteiger partial charge in [0, 0.05) is 31.1 Å². The predicted octanol–water partition coefficient (Wildman–Crippen LogP) is 0.510. The Balaban J connectivity index is 1.72. The molecule has 1 unspecified atom stereocenters. The molecule has 1 fully saturated rings. The molecule has 0 bridgehead atoms. The van der Waals surface area contributed by atoms with Crippen LogP contribution in [0.1, 0.15) is 31.0 Å². The zero-order chi connectivity index (χ0) is 14.1. The highest BCUT2D eigenvalue weighted by molar-refractivity contribution is 5.81. The molecule has 108 valence electrons. The first-order chi connectivity index (χ1) is 9.69. The normalized spacial score (nSPS) is 20.1. The number of nitrogens with zero attached hydrogens (tertiary/aromatic N) is 3. The van der Waals surface area contributed by atoms with Crippen LogP contribution in [0.3, 0.4) is 0 Å². The highest BCUT2D eigenvalue weighted by Crippen LogP contribution is 2.26. The van der Waals surface area contributed by atoms with Crippen molar-refractivity contribution >= 4 is 5.91 Å². The summed E-state index contributed by atoms with van der Waals surface area (Å²) < 4.78 is 5.30. The van der Waals surface area contributed by atoms with E-state index in [0.29, 0.717) is 18.5 Å². The van der Waals surface area contributed by atoms with Crippen molar-refractivity contribution in [3.8, 4) is 5.88 Å². The summed E-state index contributed by atoms with van der Waals surface area (Å²) in [5, 5.41) is 3.06.